The van der Waals surface area contributed by atoms with Crippen LogP contribution in [0.2, 0.25) is 0 Å². The first-order valence-corrected chi connectivity index (χ1v) is 27.3. The van der Waals surface area contributed by atoms with E-state index in [1.807, 2.05) is 22.7 Å². The lowest BCUT2D eigenvalue weighted by Crippen LogP contribution is -2.01. The smallest absolute Gasteiger partial charge is 0.160 e. The molecule has 0 atom stereocenters. The number of hydrogen-bond acceptors (Lipinski definition) is 4. The molecular formula is C70H42N4S2. The fourth-order valence-electron chi connectivity index (χ4n) is 11.8. The van der Waals surface area contributed by atoms with Gasteiger partial charge < -0.3 is 9.13 Å². The molecule has 0 saturated heterocycles. The first kappa shape index (κ1) is 43.0. The summed E-state index contributed by atoms with van der Waals surface area (Å²) in [6.07, 6.45) is 0. The molecule has 0 spiro atoms. The van der Waals surface area contributed by atoms with E-state index in [-0.39, 0.29) is 0 Å². The Morgan fingerprint density at radius 3 is 1.07 bits per heavy atom. The third-order valence-corrected chi connectivity index (χ3v) is 17.6. The zero-order chi connectivity index (χ0) is 49.8. The summed E-state index contributed by atoms with van der Waals surface area (Å²) < 4.78 is 10.0. The van der Waals surface area contributed by atoms with Crippen molar-refractivity contribution in [2.45, 2.75) is 0 Å². The highest BCUT2D eigenvalue weighted by Gasteiger charge is 2.21. The molecule has 76 heavy (non-hydrogen) atoms. The normalized spacial score (nSPS) is 11.9. The highest BCUT2D eigenvalue weighted by Crippen LogP contribution is 2.43. The quantitative estimate of drug-likeness (QED) is 0.159. The Hall–Kier alpha value is -9.46. The number of rotatable bonds is 7. The Morgan fingerprint density at radius 2 is 0.605 bits per heavy atom. The number of hydrogen-bond donors (Lipinski definition) is 0. The van der Waals surface area contributed by atoms with Crippen molar-refractivity contribution < 1.29 is 0 Å². The van der Waals surface area contributed by atoms with Gasteiger partial charge in [-0.1, -0.05) is 152 Å². The molecule has 0 aliphatic rings. The van der Waals surface area contributed by atoms with E-state index in [4.69, 9.17) is 9.97 Å². The van der Waals surface area contributed by atoms with Crippen LogP contribution in [0.15, 0.2) is 255 Å². The van der Waals surface area contributed by atoms with Gasteiger partial charge in [0.25, 0.3) is 0 Å². The van der Waals surface area contributed by atoms with E-state index in [0.717, 1.165) is 83.8 Å². The maximum atomic E-state index is 5.54. The van der Waals surface area contributed by atoms with Gasteiger partial charge in [0.2, 0.25) is 0 Å². The second-order valence-electron chi connectivity index (χ2n) is 19.7. The average Bonchev–Trinajstić information content (AvgIpc) is 4.27. The van der Waals surface area contributed by atoms with Crippen LogP contribution >= 0.6 is 22.7 Å². The minimum atomic E-state index is 0.665. The van der Waals surface area contributed by atoms with Crippen molar-refractivity contribution in [3.63, 3.8) is 0 Å². The molecule has 0 saturated carbocycles. The lowest BCUT2D eigenvalue weighted by molar-refractivity contribution is 1.13. The van der Waals surface area contributed by atoms with Crippen LogP contribution in [0.1, 0.15) is 0 Å². The van der Waals surface area contributed by atoms with Gasteiger partial charge in [-0.2, -0.15) is 0 Å². The Labute approximate surface area is 445 Å². The Balaban J connectivity index is 0.963. The molecule has 0 aliphatic carbocycles. The molecule has 354 valence electrons. The summed E-state index contributed by atoms with van der Waals surface area (Å²) in [7, 11) is 0. The van der Waals surface area contributed by atoms with Gasteiger partial charge >= 0.3 is 0 Å². The Morgan fingerprint density at radius 1 is 0.237 bits per heavy atom. The monoisotopic (exact) mass is 1000 g/mol. The predicted octanol–water partition coefficient (Wildman–Crippen LogP) is 19.7. The zero-order valence-corrected chi connectivity index (χ0v) is 42.5. The van der Waals surface area contributed by atoms with Gasteiger partial charge in [0.1, 0.15) is 0 Å². The number of thiophene rings is 2. The number of fused-ring (bicyclic) bond motifs is 12. The van der Waals surface area contributed by atoms with E-state index >= 15 is 0 Å². The van der Waals surface area contributed by atoms with Gasteiger partial charge in [-0.05, 0) is 125 Å². The van der Waals surface area contributed by atoms with Crippen LogP contribution < -0.4 is 0 Å². The van der Waals surface area contributed by atoms with E-state index in [2.05, 4.69) is 264 Å². The van der Waals surface area contributed by atoms with Gasteiger partial charge in [0, 0.05) is 90.0 Å². The third kappa shape index (κ3) is 6.89. The van der Waals surface area contributed by atoms with Gasteiger partial charge in [-0.15, -0.1) is 22.7 Å². The fourth-order valence-corrected chi connectivity index (χ4v) is 14.0. The van der Waals surface area contributed by atoms with E-state index in [1.165, 1.54) is 61.9 Å². The Bertz CT molecular complexity index is 4640. The average molecular weight is 1000 g/mol. The van der Waals surface area contributed by atoms with Crippen LogP contribution in [-0.2, 0) is 0 Å². The van der Waals surface area contributed by atoms with Gasteiger partial charge in [-0.3, -0.25) is 0 Å². The van der Waals surface area contributed by atoms with Crippen LogP contribution in [0.4, 0.5) is 0 Å². The highest BCUT2D eigenvalue weighted by molar-refractivity contribution is 7.26. The van der Waals surface area contributed by atoms with Crippen LogP contribution in [0.5, 0.6) is 0 Å². The molecule has 5 heterocycles. The van der Waals surface area contributed by atoms with E-state index in [9.17, 15) is 0 Å². The summed E-state index contributed by atoms with van der Waals surface area (Å²) in [5, 5.41) is 9.97. The maximum absolute atomic E-state index is 5.54. The molecule has 0 N–H and O–H groups in total. The van der Waals surface area contributed by atoms with Crippen molar-refractivity contribution in [2.24, 2.45) is 0 Å². The van der Waals surface area contributed by atoms with Crippen molar-refractivity contribution in [3.05, 3.63) is 255 Å². The van der Waals surface area contributed by atoms with Crippen LogP contribution in [0.3, 0.4) is 0 Å². The minimum absolute atomic E-state index is 0.665. The molecule has 0 amide bonds. The summed E-state index contributed by atoms with van der Waals surface area (Å²) in [6, 6.07) is 93.0. The first-order chi connectivity index (χ1) is 37.6. The molecule has 0 aliphatic heterocycles. The van der Waals surface area contributed by atoms with E-state index < -0.39 is 0 Å². The second-order valence-corrected chi connectivity index (χ2v) is 21.9. The molecular weight excluding hydrogens is 961 g/mol. The third-order valence-electron chi connectivity index (χ3n) is 15.3. The van der Waals surface area contributed by atoms with Crippen LogP contribution in [0.25, 0.3) is 151 Å². The lowest BCUT2D eigenvalue weighted by atomic mass is 9.93. The largest absolute Gasteiger partial charge is 0.309 e. The molecule has 16 rings (SSSR count). The Kier molecular flexibility index (Phi) is 9.64. The summed E-state index contributed by atoms with van der Waals surface area (Å²) >= 11 is 3.70. The SMILES string of the molecule is c1ccc(-c2nc(-c3cc(-c4ccc5sc6ccccc6c5c4)cc(-c4ccc5sc6ccccc6c5c4)c3)cc(-c3cc(-n4c5ccccc5c5ccccc54)cc(-n4c5ccccc5c5ccccc54)c3)n2)cc1. The summed E-state index contributed by atoms with van der Waals surface area (Å²) in [5.41, 5.74) is 15.9. The van der Waals surface area contributed by atoms with Gasteiger partial charge in [-0.25, -0.2) is 9.97 Å². The summed E-state index contributed by atoms with van der Waals surface area (Å²) in [6.45, 7) is 0. The molecule has 6 heteroatoms. The number of nitrogens with zero attached hydrogens (tertiary/aromatic N) is 4. The molecule has 16 aromatic rings. The molecule has 4 nitrogen and oxygen atoms in total. The maximum Gasteiger partial charge on any atom is 0.160 e. The second kappa shape index (κ2) is 17.0. The zero-order valence-electron chi connectivity index (χ0n) is 40.9. The minimum Gasteiger partial charge on any atom is -0.309 e. The standard InChI is InChI=1S/C70H42N4S2/c1-2-16-43(17-3-1)70-71-60(48-35-46(44-30-32-68-58(39-44)56-22-8-14-28-66(56)75-68)34-47(36-48)45-31-33-69-59(40-45)57-23-9-15-29-67(57)76-69)42-61(72-70)49-37-50(73-62-24-10-4-18-52(62)53-19-5-11-25-63(53)73)41-51(38-49)74-64-26-12-6-20-54(64)55-21-7-13-27-65(55)74/h1-42H. The fraction of sp³-hybridized carbons (Fsp3) is 0. The number of para-hydroxylation sites is 4. The summed E-state index contributed by atoms with van der Waals surface area (Å²) in [4.78, 5) is 11.1. The van der Waals surface area contributed by atoms with Crippen LogP contribution in [-0.4, -0.2) is 19.1 Å². The summed E-state index contributed by atoms with van der Waals surface area (Å²) in [5.74, 6) is 0.665. The molecule has 0 unspecified atom stereocenters. The molecule has 0 fully saturated rings. The molecule has 0 bridgehead atoms. The number of aromatic nitrogens is 4. The molecule has 0 radical (unpaired) electrons. The topological polar surface area (TPSA) is 35.6 Å². The van der Waals surface area contributed by atoms with Gasteiger partial charge in [0.05, 0.1) is 33.5 Å². The predicted molar refractivity (Wildman–Crippen MR) is 324 cm³/mol. The molecule has 5 aromatic heterocycles. The van der Waals surface area contributed by atoms with Crippen molar-refractivity contribution in [1.29, 1.82) is 0 Å². The molecule has 11 aromatic carbocycles. The van der Waals surface area contributed by atoms with Crippen molar-refractivity contribution >= 4 is 107 Å². The van der Waals surface area contributed by atoms with E-state index in [1.54, 1.807) is 0 Å². The lowest BCUT2D eigenvalue weighted by Gasteiger charge is -2.17. The highest BCUT2D eigenvalue weighted by atomic mass is 32.1. The first-order valence-electron chi connectivity index (χ1n) is 25.7. The van der Waals surface area contributed by atoms with Gasteiger partial charge in [0.15, 0.2) is 5.82 Å². The van der Waals surface area contributed by atoms with Crippen molar-refractivity contribution in [1.82, 2.24) is 19.1 Å². The van der Waals surface area contributed by atoms with E-state index in [0.29, 0.717) is 5.82 Å². The van der Waals surface area contributed by atoms with Crippen molar-refractivity contribution in [2.75, 3.05) is 0 Å². The van der Waals surface area contributed by atoms with Crippen LogP contribution in [0, 0.1) is 0 Å². The van der Waals surface area contributed by atoms with Crippen molar-refractivity contribution in [3.8, 4) is 67.5 Å². The number of benzene rings is 11.